The zero-order chi connectivity index (χ0) is 21.5. The fraction of sp³-hybridized carbons (Fsp3) is 0.360. The van der Waals surface area contributed by atoms with Crippen molar-refractivity contribution < 1.29 is 4.79 Å². The van der Waals surface area contributed by atoms with Crippen molar-refractivity contribution in [2.75, 3.05) is 25.5 Å². The molecular formula is C25H28N4OS. The van der Waals surface area contributed by atoms with Crippen LogP contribution in [0.25, 0.3) is 10.6 Å². The summed E-state index contributed by atoms with van der Waals surface area (Å²) < 4.78 is 0. The Hall–Kier alpha value is -2.70. The minimum Gasteiger partial charge on any atom is -0.330 e. The Bertz CT molecular complexity index is 1060. The van der Waals surface area contributed by atoms with Gasteiger partial charge in [-0.2, -0.15) is 0 Å². The number of rotatable bonds is 4. The van der Waals surface area contributed by atoms with E-state index in [4.69, 9.17) is 4.98 Å². The predicted octanol–water partition coefficient (Wildman–Crippen LogP) is 5.11. The molecule has 5 rings (SSSR count). The standard InChI is InChI=1S/C25H28N4OS/c1-28(2)25(20-11-7-4-8-12-20)15-13-24(14-16-25)18-29(23(30)27-24)21-17-31-22(26-21)19-9-5-3-6-10-19/h3-12,17H,13-16,18H2,1-2H3,(H,27,30)/t24-,25+. The molecule has 1 aliphatic carbocycles. The van der Waals surface area contributed by atoms with Crippen molar-refractivity contribution in [2.45, 2.75) is 36.8 Å². The Morgan fingerprint density at radius 2 is 1.61 bits per heavy atom. The monoisotopic (exact) mass is 432 g/mol. The molecule has 1 aromatic heterocycles. The summed E-state index contributed by atoms with van der Waals surface area (Å²) in [4.78, 5) is 21.9. The van der Waals surface area contributed by atoms with Crippen molar-refractivity contribution in [3.05, 3.63) is 71.6 Å². The van der Waals surface area contributed by atoms with E-state index >= 15 is 0 Å². The Kier molecular flexibility index (Phi) is 5.07. The van der Waals surface area contributed by atoms with Gasteiger partial charge in [-0.15, -0.1) is 11.3 Å². The number of benzene rings is 2. The first-order chi connectivity index (χ1) is 15.0. The number of anilines is 1. The summed E-state index contributed by atoms with van der Waals surface area (Å²) in [6.07, 6.45) is 3.95. The van der Waals surface area contributed by atoms with E-state index in [1.165, 1.54) is 5.56 Å². The van der Waals surface area contributed by atoms with E-state index in [9.17, 15) is 4.79 Å². The van der Waals surface area contributed by atoms with Gasteiger partial charge in [0, 0.05) is 16.5 Å². The van der Waals surface area contributed by atoms with E-state index in [-0.39, 0.29) is 17.1 Å². The van der Waals surface area contributed by atoms with E-state index in [1.54, 1.807) is 11.3 Å². The summed E-state index contributed by atoms with van der Waals surface area (Å²) in [6.45, 7) is 0.683. The molecule has 0 atom stereocenters. The van der Waals surface area contributed by atoms with Crippen LogP contribution in [0.3, 0.4) is 0 Å². The molecule has 0 radical (unpaired) electrons. The van der Waals surface area contributed by atoms with E-state index in [0.29, 0.717) is 6.54 Å². The van der Waals surface area contributed by atoms with Gasteiger partial charge in [0.05, 0.1) is 12.1 Å². The second-order valence-electron chi connectivity index (χ2n) is 8.97. The number of hydrogen-bond acceptors (Lipinski definition) is 4. The third-order valence-electron chi connectivity index (χ3n) is 7.07. The van der Waals surface area contributed by atoms with Gasteiger partial charge in [0.15, 0.2) is 0 Å². The summed E-state index contributed by atoms with van der Waals surface area (Å²) in [7, 11) is 4.34. The Balaban J connectivity index is 1.34. The number of amides is 2. The number of nitrogens with zero attached hydrogens (tertiary/aromatic N) is 3. The number of nitrogens with one attached hydrogen (secondary N) is 1. The predicted molar refractivity (Wildman–Crippen MR) is 126 cm³/mol. The molecular weight excluding hydrogens is 404 g/mol. The number of carbonyl (C=O) groups is 1. The fourth-order valence-corrected chi connectivity index (χ4v) is 5.98. The van der Waals surface area contributed by atoms with Crippen LogP contribution < -0.4 is 10.2 Å². The molecule has 3 aromatic rings. The molecule has 31 heavy (non-hydrogen) atoms. The van der Waals surface area contributed by atoms with E-state index < -0.39 is 0 Å². The molecule has 2 fully saturated rings. The maximum Gasteiger partial charge on any atom is 0.323 e. The molecule has 1 N–H and O–H groups in total. The van der Waals surface area contributed by atoms with Crippen molar-refractivity contribution in [2.24, 2.45) is 0 Å². The van der Waals surface area contributed by atoms with Crippen molar-refractivity contribution >= 4 is 23.2 Å². The van der Waals surface area contributed by atoms with Gasteiger partial charge in [-0.3, -0.25) is 9.80 Å². The van der Waals surface area contributed by atoms with Crippen LogP contribution in [0.2, 0.25) is 0 Å². The SMILES string of the molecule is CN(C)[C@]1(c2ccccc2)CC[C@]2(CC1)CN(c1csc(-c3ccccc3)n1)C(=O)N2. The molecule has 2 heterocycles. The van der Waals surface area contributed by atoms with Gasteiger partial charge in [-0.1, -0.05) is 60.7 Å². The van der Waals surface area contributed by atoms with Crippen molar-refractivity contribution in [1.29, 1.82) is 0 Å². The summed E-state index contributed by atoms with van der Waals surface area (Å²) in [5, 5.41) is 6.27. The Morgan fingerprint density at radius 3 is 2.26 bits per heavy atom. The van der Waals surface area contributed by atoms with Gasteiger partial charge in [0.25, 0.3) is 0 Å². The van der Waals surface area contributed by atoms with Crippen LogP contribution in [-0.2, 0) is 5.54 Å². The minimum atomic E-state index is -0.179. The fourth-order valence-electron chi connectivity index (χ4n) is 5.16. The second-order valence-corrected chi connectivity index (χ2v) is 9.82. The van der Waals surface area contributed by atoms with E-state index in [2.05, 4.69) is 66.8 Å². The average Bonchev–Trinajstić information content (AvgIpc) is 3.40. The van der Waals surface area contributed by atoms with Crippen LogP contribution in [-0.4, -0.2) is 42.1 Å². The van der Waals surface area contributed by atoms with Crippen molar-refractivity contribution in [1.82, 2.24) is 15.2 Å². The first-order valence-electron chi connectivity index (χ1n) is 10.9. The lowest BCUT2D eigenvalue weighted by molar-refractivity contribution is 0.0657. The number of urea groups is 1. The molecule has 2 aromatic carbocycles. The second kappa shape index (κ2) is 7.77. The smallest absolute Gasteiger partial charge is 0.323 e. The minimum absolute atomic E-state index is 0.0196. The number of hydrogen-bond donors (Lipinski definition) is 1. The highest BCUT2D eigenvalue weighted by Crippen LogP contribution is 2.46. The first-order valence-corrected chi connectivity index (χ1v) is 11.7. The molecule has 6 heteroatoms. The number of thiazole rings is 1. The summed E-state index contributed by atoms with van der Waals surface area (Å²) >= 11 is 1.59. The van der Waals surface area contributed by atoms with Gasteiger partial charge < -0.3 is 5.32 Å². The van der Waals surface area contributed by atoms with Gasteiger partial charge in [0.2, 0.25) is 0 Å². The quantitative estimate of drug-likeness (QED) is 0.623. The van der Waals surface area contributed by atoms with E-state index in [1.807, 2.05) is 28.5 Å². The zero-order valence-electron chi connectivity index (χ0n) is 18.0. The molecule has 0 bridgehead atoms. The van der Waals surface area contributed by atoms with Crippen LogP contribution in [0, 0.1) is 0 Å². The lowest BCUT2D eigenvalue weighted by Crippen LogP contribution is -2.54. The van der Waals surface area contributed by atoms with Gasteiger partial charge in [-0.25, -0.2) is 9.78 Å². The largest absolute Gasteiger partial charge is 0.330 e. The highest BCUT2D eigenvalue weighted by Gasteiger charge is 2.50. The van der Waals surface area contributed by atoms with Crippen molar-refractivity contribution in [3.63, 3.8) is 0 Å². The maximum absolute atomic E-state index is 12.9. The lowest BCUT2D eigenvalue weighted by Gasteiger charge is -2.48. The van der Waals surface area contributed by atoms with Crippen molar-refractivity contribution in [3.8, 4) is 10.6 Å². The van der Waals surface area contributed by atoms with Gasteiger partial charge >= 0.3 is 6.03 Å². The highest BCUT2D eigenvalue weighted by molar-refractivity contribution is 7.13. The summed E-state index contributed by atoms with van der Waals surface area (Å²) in [6, 6.07) is 20.9. The third kappa shape index (κ3) is 3.54. The van der Waals surface area contributed by atoms with Gasteiger partial charge in [0.1, 0.15) is 10.8 Å². The van der Waals surface area contributed by atoms with Crippen LogP contribution in [0.5, 0.6) is 0 Å². The molecule has 160 valence electrons. The molecule has 0 unspecified atom stereocenters. The Morgan fingerprint density at radius 1 is 0.968 bits per heavy atom. The maximum atomic E-state index is 12.9. The van der Waals surface area contributed by atoms with Crippen LogP contribution >= 0.6 is 11.3 Å². The highest BCUT2D eigenvalue weighted by atomic mass is 32.1. The molecule has 2 aliphatic rings. The average molecular weight is 433 g/mol. The third-order valence-corrected chi connectivity index (χ3v) is 7.95. The molecule has 1 spiro atoms. The van der Waals surface area contributed by atoms with Crippen LogP contribution in [0.4, 0.5) is 10.6 Å². The molecule has 1 saturated heterocycles. The van der Waals surface area contributed by atoms with E-state index in [0.717, 1.165) is 42.1 Å². The molecule has 1 saturated carbocycles. The summed E-state index contributed by atoms with van der Waals surface area (Å²) in [5.41, 5.74) is 2.29. The summed E-state index contributed by atoms with van der Waals surface area (Å²) in [5.74, 6) is 0.755. The van der Waals surface area contributed by atoms with Crippen LogP contribution in [0.15, 0.2) is 66.0 Å². The Labute approximate surface area is 187 Å². The zero-order valence-corrected chi connectivity index (χ0v) is 18.9. The molecule has 5 nitrogen and oxygen atoms in total. The van der Waals surface area contributed by atoms with Crippen LogP contribution in [0.1, 0.15) is 31.2 Å². The topological polar surface area (TPSA) is 48.5 Å². The lowest BCUT2D eigenvalue weighted by atomic mass is 9.69. The molecule has 2 amide bonds. The number of aromatic nitrogens is 1. The molecule has 1 aliphatic heterocycles. The normalized spacial score (nSPS) is 25.9. The van der Waals surface area contributed by atoms with Gasteiger partial charge in [-0.05, 0) is 45.3 Å². The number of carbonyl (C=O) groups excluding carboxylic acids is 1. The first kappa shape index (κ1) is 20.2.